The molecule has 0 saturated carbocycles. The van der Waals surface area contributed by atoms with Crippen LogP contribution >= 0.6 is 0 Å². The Bertz CT molecular complexity index is 581. The Morgan fingerprint density at radius 1 is 1.19 bits per heavy atom. The van der Waals surface area contributed by atoms with Gasteiger partial charge in [0.2, 0.25) is 0 Å². The lowest BCUT2D eigenvalue weighted by molar-refractivity contribution is 0.0365. The maximum absolute atomic E-state index is 5.84. The molecule has 0 aliphatic carbocycles. The van der Waals surface area contributed by atoms with Gasteiger partial charge in [-0.25, -0.2) is 4.98 Å². The lowest BCUT2D eigenvalue weighted by Gasteiger charge is -2.32. The van der Waals surface area contributed by atoms with E-state index >= 15 is 0 Å². The average molecular weight is 286 g/mol. The van der Waals surface area contributed by atoms with Crippen LogP contribution in [0.15, 0.2) is 30.5 Å². The lowest BCUT2D eigenvalue weighted by atomic mass is 10.1. The zero-order chi connectivity index (χ0) is 14.5. The average Bonchev–Trinajstić information content (AvgIpc) is 2.55. The molecule has 21 heavy (non-hydrogen) atoms. The maximum Gasteiger partial charge on any atom is 0.147 e. The number of fused-ring (bicyclic) bond motifs is 1. The molecule has 2 aromatic rings. The third-order valence-corrected chi connectivity index (χ3v) is 3.90. The molecule has 0 spiro atoms. The van der Waals surface area contributed by atoms with Crippen molar-refractivity contribution in [3.63, 3.8) is 0 Å². The van der Waals surface area contributed by atoms with Crippen molar-refractivity contribution >= 4 is 16.9 Å². The summed E-state index contributed by atoms with van der Waals surface area (Å²) >= 11 is 0. The molecule has 112 valence electrons. The smallest absolute Gasteiger partial charge is 0.147 e. The summed E-state index contributed by atoms with van der Waals surface area (Å²) in [6.07, 6.45) is 5.26. The highest BCUT2D eigenvalue weighted by molar-refractivity contribution is 5.75. The van der Waals surface area contributed by atoms with Crippen LogP contribution in [0.1, 0.15) is 19.3 Å². The van der Waals surface area contributed by atoms with E-state index in [1.165, 1.54) is 0 Å². The second-order valence-electron chi connectivity index (χ2n) is 5.42. The minimum absolute atomic E-state index is 0.362. The molecule has 1 aromatic heterocycles. The number of nitrogens with two attached hydrogens (primary N) is 1. The van der Waals surface area contributed by atoms with Crippen molar-refractivity contribution in [3.8, 4) is 0 Å². The zero-order valence-electron chi connectivity index (χ0n) is 12.2. The molecule has 1 aliphatic heterocycles. The van der Waals surface area contributed by atoms with Crippen molar-refractivity contribution in [1.29, 1.82) is 0 Å². The first kappa shape index (κ1) is 14.2. The monoisotopic (exact) mass is 286 g/mol. The van der Waals surface area contributed by atoms with E-state index in [-0.39, 0.29) is 0 Å². The SMILES string of the molecule is NCCCOC1CCN(c2cnc3ccccc3n2)CC1. The molecule has 0 radical (unpaired) electrons. The van der Waals surface area contributed by atoms with Crippen molar-refractivity contribution in [2.45, 2.75) is 25.4 Å². The van der Waals surface area contributed by atoms with Crippen LogP contribution < -0.4 is 10.6 Å². The summed E-state index contributed by atoms with van der Waals surface area (Å²) in [5.74, 6) is 0.967. The molecule has 0 amide bonds. The van der Waals surface area contributed by atoms with E-state index in [0.29, 0.717) is 12.6 Å². The van der Waals surface area contributed by atoms with Crippen molar-refractivity contribution in [3.05, 3.63) is 30.5 Å². The molecule has 1 saturated heterocycles. The van der Waals surface area contributed by atoms with Crippen molar-refractivity contribution in [1.82, 2.24) is 9.97 Å². The van der Waals surface area contributed by atoms with Gasteiger partial charge in [-0.15, -0.1) is 0 Å². The first-order valence-electron chi connectivity index (χ1n) is 7.65. The Labute approximate surface area is 125 Å². The summed E-state index contributed by atoms with van der Waals surface area (Å²) in [5.41, 5.74) is 7.38. The summed E-state index contributed by atoms with van der Waals surface area (Å²) < 4.78 is 5.84. The first-order valence-corrected chi connectivity index (χ1v) is 7.65. The van der Waals surface area contributed by atoms with Crippen LogP contribution in [-0.4, -0.2) is 42.3 Å². The van der Waals surface area contributed by atoms with Gasteiger partial charge in [0, 0.05) is 19.7 Å². The Morgan fingerprint density at radius 3 is 2.71 bits per heavy atom. The van der Waals surface area contributed by atoms with Crippen LogP contribution in [0.3, 0.4) is 0 Å². The number of ether oxygens (including phenoxy) is 1. The molecule has 1 fully saturated rings. The second-order valence-corrected chi connectivity index (χ2v) is 5.42. The number of piperidine rings is 1. The third-order valence-electron chi connectivity index (χ3n) is 3.90. The van der Waals surface area contributed by atoms with Gasteiger partial charge < -0.3 is 15.4 Å². The predicted octanol–water partition coefficient (Wildman–Crippen LogP) is 1.96. The quantitative estimate of drug-likeness (QED) is 0.851. The number of rotatable bonds is 5. The van der Waals surface area contributed by atoms with Crippen LogP contribution in [-0.2, 0) is 4.74 Å². The van der Waals surface area contributed by atoms with Gasteiger partial charge in [0.1, 0.15) is 5.82 Å². The molecule has 0 unspecified atom stereocenters. The molecule has 5 heteroatoms. The Kier molecular flexibility index (Phi) is 4.62. The highest BCUT2D eigenvalue weighted by Crippen LogP contribution is 2.21. The molecule has 2 heterocycles. The standard InChI is InChI=1S/C16H22N4O/c17-8-3-11-21-13-6-9-20(10-7-13)16-12-18-14-4-1-2-5-15(14)19-16/h1-2,4-5,12-13H,3,6-11,17H2. The van der Waals surface area contributed by atoms with Crippen LogP contribution in [0, 0.1) is 0 Å². The van der Waals surface area contributed by atoms with E-state index in [1.54, 1.807) is 0 Å². The molecule has 0 bridgehead atoms. The van der Waals surface area contributed by atoms with E-state index < -0.39 is 0 Å². The van der Waals surface area contributed by atoms with Gasteiger partial charge in [-0.2, -0.15) is 0 Å². The molecule has 2 N–H and O–H groups in total. The lowest BCUT2D eigenvalue weighted by Crippen LogP contribution is -2.37. The normalized spacial score (nSPS) is 16.5. The highest BCUT2D eigenvalue weighted by atomic mass is 16.5. The second kappa shape index (κ2) is 6.83. The van der Waals surface area contributed by atoms with E-state index in [4.69, 9.17) is 15.5 Å². The topological polar surface area (TPSA) is 64.3 Å². The maximum atomic E-state index is 5.84. The number of hydrogen-bond donors (Lipinski definition) is 1. The van der Waals surface area contributed by atoms with Crippen molar-refractivity contribution < 1.29 is 4.74 Å². The number of hydrogen-bond acceptors (Lipinski definition) is 5. The summed E-state index contributed by atoms with van der Waals surface area (Å²) in [7, 11) is 0. The Balaban J connectivity index is 1.60. The molecule has 1 aromatic carbocycles. The molecular formula is C16H22N4O. The Hall–Kier alpha value is -1.72. The third kappa shape index (κ3) is 3.49. The molecular weight excluding hydrogens is 264 g/mol. The van der Waals surface area contributed by atoms with E-state index in [9.17, 15) is 0 Å². The first-order chi connectivity index (χ1) is 10.4. The summed E-state index contributed by atoms with van der Waals surface area (Å²) in [5, 5.41) is 0. The number of aromatic nitrogens is 2. The minimum Gasteiger partial charge on any atom is -0.378 e. The van der Waals surface area contributed by atoms with Gasteiger partial charge in [0.25, 0.3) is 0 Å². The highest BCUT2D eigenvalue weighted by Gasteiger charge is 2.20. The fourth-order valence-electron chi connectivity index (χ4n) is 2.68. The zero-order valence-corrected chi connectivity index (χ0v) is 12.2. The molecule has 1 aliphatic rings. The van der Waals surface area contributed by atoms with E-state index in [1.807, 2.05) is 30.5 Å². The number of anilines is 1. The van der Waals surface area contributed by atoms with Gasteiger partial charge >= 0.3 is 0 Å². The van der Waals surface area contributed by atoms with Gasteiger partial charge in [-0.05, 0) is 37.9 Å². The molecule has 0 atom stereocenters. The predicted molar refractivity (Wildman–Crippen MR) is 84.4 cm³/mol. The van der Waals surface area contributed by atoms with Crippen LogP contribution in [0.2, 0.25) is 0 Å². The van der Waals surface area contributed by atoms with Crippen LogP contribution in [0.25, 0.3) is 11.0 Å². The Morgan fingerprint density at radius 2 is 1.95 bits per heavy atom. The summed E-state index contributed by atoms with van der Waals surface area (Å²) in [6, 6.07) is 7.98. The summed E-state index contributed by atoms with van der Waals surface area (Å²) in [4.78, 5) is 11.5. The molecule has 3 rings (SSSR count). The fourth-order valence-corrected chi connectivity index (χ4v) is 2.68. The van der Waals surface area contributed by atoms with Gasteiger partial charge in [0.05, 0.1) is 23.3 Å². The van der Waals surface area contributed by atoms with Crippen LogP contribution in [0.4, 0.5) is 5.82 Å². The van der Waals surface area contributed by atoms with Gasteiger partial charge in [-0.1, -0.05) is 12.1 Å². The van der Waals surface area contributed by atoms with E-state index in [0.717, 1.165) is 55.8 Å². The van der Waals surface area contributed by atoms with Crippen LogP contribution in [0.5, 0.6) is 0 Å². The minimum atomic E-state index is 0.362. The van der Waals surface area contributed by atoms with Crippen molar-refractivity contribution in [2.75, 3.05) is 31.1 Å². The molecule has 5 nitrogen and oxygen atoms in total. The van der Waals surface area contributed by atoms with E-state index in [2.05, 4.69) is 9.88 Å². The van der Waals surface area contributed by atoms with Gasteiger partial charge in [-0.3, -0.25) is 4.98 Å². The summed E-state index contributed by atoms with van der Waals surface area (Å²) in [6.45, 7) is 3.42. The largest absolute Gasteiger partial charge is 0.378 e. The number of nitrogens with zero attached hydrogens (tertiary/aromatic N) is 3. The fraction of sp³-hybridized carbons (Fsp3) is 0.500. The van der Waals surface area contributed by atoms with Crippen molar-refractivity contribution in [2.24, 2.45) is 5.73 Å². The number of para-hydroxylation sites is 2. The number of benzene rings is 1. The van der Waals surface area contributed by atoms with Gasteiger partial charge in [0.15, 0.2) is 0 Å².